The Kier molecular flexibility index (Phi) is 9.30. The van der Waals surface area contributed by atoms with E-state index < -0.39 is 0 Å². The third kappa shape index (κ3) is 5.50. The molecule has 9 heteroatoms. The number of nitrogens with one attached hydrogen (secondary N) is 1. The minimum absolute atomic E-state index is 0.0425. The van der Waals surface area contributed by atoms with E-state index in [4.69, 9.17) is 21.4 Å². The van der Waals surface area contributed by atoms with Crippen molar-refractivity contribution in [2.24, 2.45) is 13.0 Å². The molecular weight excluding hydrogens is 496 g/mol. The number of aromatic nitrogens is 3. The first kappa shape index (κ1) is 28.3. The van der Waals surface area contributed by atoms with Gasteiger partial charge >= 0.3 is 5.97 Å². The SMILES string of the molecule is CC(C)C.COC(=O)CCc1c(C(C)=O)n(C)c2c(-c3c(C)nn4c3[C@H](NS)CCC4)c(Cl)ccc12. The number of Topliss-reactive ketones (excluding diaryl/α,β-unsaturated/α-hetero) is 1. The Labute approximate surface area is 224 Å². The van der Waals surface area contributed by atoms with Gasteiger partial charge in [-0.25, -0.2) is 0 Å². The van der Waals surface area contributed by atoms with Crippen LogP contribution in [-0.2, 0) is 29.5 Å². The van der Waals surface area contributed by atoms with E-state index in [-0.39, 0.29) is 24.2 Å². The van der Waals surface area contributed by atoms with Crippen molar-refractivity contribution >= 4 is 47.1 Å². The Morgan fingerprint density at radius 1 is 1.28 bits per heavy atom. The average Bonchev–Trinajstić information content (AvgIpc) is 3.30. The van der Waals surface area contributed by atoms with Crippen LogP contribution in [0.3, 0.4) is 0 Å². The Bertz CT molecular complexity index is 1280. The first-order chi connectivity index (χ1) is 17.0. The summed E-state index contributed by atoms with van der Waals surface area (Å²) in [7, 11) is 3.24. The van der Waals surface area contributed by atoms with Gasteiger partial charge in [0.1, 0.15) is 0 Å². The zero-order valence-electron chi connectivity index (χ0n) is 22.2. The zero-order valence-corrected chi connectivity index (χ0v) is 23.9. The molecule has 0 aliphatic carbocycles. The summed E-state index contributed by atoms with van der Waals surface area (Å²) in [5.74, 6) is 0.462. The maximum Gasteiger partial charge on any atom is 0.305 e. The Morgan fingerprint density at radius 3 is 2.53 bits per heavy atom. The summed E-state index contributed by atoms with van der Waals surface area (Å²) in [6, 6.07) is 3.83. The molecule has 0 saturated heterocycles. The molecule has 0 spiro atoms. The number of hydrogen-bond acceptors (Lipinski definition) is 6. The number of hydrogen-bond donors (Lipinski definition) is 2. The summed E-state index contributed by atoms with van der Waals surface area (Å²) in [6.07, 6.45) is 2.57. The predicted molar refractivity (Wildman–Crippen MR) is 149 cm³/mol. The molecule has 0 amide bonds. The largest absolute Gasteiger partial charge is 0.469 e. The van der Waals surface area contributed by atoms with Crippen molar-refractivity contribution in [2.75, 3.05) is 7.11 Å². The van der Waals surface area contributed by atoms with Crippen molar-refractivity contribution in [1.82, 2.24) is 19.1 Å². The fourth-order valence-corrected chi connectivity index (χ4v) is 5.51. The Morgan fingerprint density at radius 2 is 1.94 bits per heavy atom. The molecule has 1 aliphatic rings. The minimum Gasteiger partial charge on any atom is -0.469 e. The third-order valence-electron chi connectivity index (χ3n) is 6.31. The summed E-state index contributed by atoms with van der Waals surface area (Å²) in [4.78, 5) is 24.5. The van der Waals surface area contributed by atoms with Gasteiger partial charge in [0.2, 0.25) is 0 Å². The van der Waals surface area contributed by atoms with E-state index in [1.165, 1.54) is 7.11 Å². The second-order valence-electron chi connectivity index (χ2n) is 9.96. The highest BCUT2D eigenvalue weighted by atomic mass is 35.5. The van der Waals surface area contributed by atoms with E-state index in [0.717, 1.165) is 64.3 Å². The van der Waals surface area contributed by atoms with E-state index in [1.807, 2.05) is 35.4 Å². The van der Waals surface area contributed by atoms with Gasteiger partial charge in [-0.15, -0.1) is 0 Å². The molecule has 36 heavy (non-hydrogen) atoms. The van der Waals surface area contributed by atoms with Gasteiger partial charge in [0.05, 0.1) is 40.8 Å². The van der Waals surface area contributed by atoms with Gasteiger partial charge in [-0.05, 0) is 43.7 Å². The van der Waals surface area contributed by atoms with Gasteiger partial charge in [0.25, 0.3) is 0 Å². The third-order valence-corrected chi connectivity index (χ3v) is 6.94. The number of fused-ring (bicyclic) bond motifs is 2. The number of carbonyl (C=O) groups excluding carboxylic acids is 2. The zero-order chi connectivity index (χ0) is 26.7. The van der Waals surface area contributed by atoms with E-state index in [9.17, 15) is 9.59 Å². The van der Waals surface area contributed by atoms with Gasteiger partial charge in [0.15, 0.2) is 5.78 Å². The van der Waals surface area contributed by atoms with Crippen LogP contribution >= 0.6 is 24.4 Å². The van der Waals surface area contributed by atoms with Crippen molar-refractivity contribution in [3.63, 3.8) is 0 Å². The van der Waals surface area contributed by atoms with Crippen LogP contribution in [0, 0.1) is 12.8 Å². The van der Waals surface area contributed by atoms with Crippen molar-refractivity contribution in [1.29, 1.82) is 0 Å². The van der Waals surface area contributed by atoms with E-state index >= 15 is 0 Å². The molecule has 3 aromatic rings. The molecule has 0 radical (unpaired) electrons. The number of esters is 1. The standard InChI is InChI=1S/C23H27ClN4O3S.C4H10/c1-12-19(23-17(26-32)6-5-11-28(23)25-12)20-16(24)9-7-15-14(8-10-18(30)31-4)21(13(2)29)27(3)22(15)20;1-4(2)3/h7,9,17,26,32H,5-6,8,10-11H2,1-4H3;4H,1-3H3/t17-;/m1./s1. The first-order valence-electron chi connectivity index (χ1n) is 12.4. The van der Waals surface area contributed by atoms with Gasteiger partial charge in [-0.3, -0.25) is 19.0 Å². The highest BCUT2D eigenvalue weighted by Crippen LogP contribution is 2.44. The molecule has 4 rings (SSSR count). The molecule has 2 aromatic heterocycles. The van der Waals surface area contributed by atoms with Crippen LogP contribution in [0.5, 0.6) is 0 Å². The van der Waals surface area contributed by atoms with Crippen LogP contribution in [-0.4, -0.2) is 33.2 Å². The number of ketones is 1. The van der Waals surface area contributed by atoms with E-state index in [2.05, 4.69) is 38.3 Å². The van der Waals surface area contributed by atoms with Crippen LogP contribution in [0.25, 0.3) is 22.0 Å². The quantitative estimate of drug-likeness (QED) is 0.223. The number of ether oxygens (including phenoxy) is 1. The maximum atomic E-state index is 12.6. The van der Waals surface area contributed by atoms with Gasteiger partial charge < -0.3 is 9.30 Å². The van der Waals surface area contributed by atoms with Crippen LogP contribution in [0.15, 0.2) is 12.1 Å². The number of carbonyl (C=O) groups is 2. The molecule has 0 fully saturated rings. The topological polar surface area (TPSA) is 78.2 Å². The molecule has 1 N–H and O–H groups in total. The van der Waals surface area contributed by atoms with Gasteiger partial charge in [-0.1, -0.05) is 51.3 Å². The second kappa shape index (κ2) is 11.8. The van der Waals surface area contributed by atoms with Crippen molar-refractivity contribution in [3.8, 4) is 11.1 Å². The summed E-state index contributed by atoms with van der Waals surface area (Å²) in [6.45, 7) is 10.9. The lowest BCUT2D eigenvalue weighted by Crippen LogP contribution is -2.23. The molecular formula is C27H37ClN4O3S. The van der Waals surface area contributed by atoms with Gasteiger partial charge in [0, 0.05) is 43.5 Å². The number of thiol groups is 1. The molecule has 3 heterocycles. The van der Waals surface area contributed by atoms with Crippen molar-refractivity contribution in [2.45, 2.75) is 72.9 Å². The summed E-state index contributed by atoms with van der Waals surface area (Å²) < 4.78 is 11.9. The lowest BCUT2D eigenvalue weighted by Gasteiger charge is -2.24. The molecule has 0 saturated carbocycles. The number of methoxy groups -OCH3 is 1. The van der Waals surface area contributed by atoms with Crippen LogP contribution in [0.2, 0.25) is 5.02 Å². The first-order valence-corrected chi connectivity index (χ1v) is 13.2. The Hall–Kier alpha value is -2.29. The molecule has 0 bridgehead atoms. The van der Waals surface area contributed by atoms with Crippen LogP contribution < -0.4 is 4.72 Å². The number of halogens is 1. The van der Waals surface area contributed by atoms with E-state index in [1.54, 1.807) is 6.92 Å². The number of nitrogens with zero attached hydrogens (tertiary/aromatic N) is 3. The average molecular weight is 533 g/mol. The summed E-state index contributed by atoms with van der Waals surface area (Å²) >= 11 is 11.2. The monoisotopic (exact) mass is 532 g/mol. The summed E-state index contributed by atoms with van der Waals surface area (Å²) in [5, 5.41) is 6.29. The molecule has 1 aromatic carbocycles. The van der Waals surface area contributed by atoms with Crippen LogP contribution in [0.1, 0.15) is 80.4 Å². The Balaban J connectivity index is 0.000000840. The number of rotatable bonds is 6. The van der Waals surface area contributed by atoms with Crippen LogP contribution in [0.4, 0.5) is 0 Å². The lowest BCUT2D eigenvalue weighted by molar-refractivity contribution is -0.140. The fourth-order valence-electron chi connectivity index (χ4n) is 5.01. The second-order valence-corrected chi connectivity index (χ2v) is 10.6. The molecule has 1 aliphatic heterocycles. The smallest absolute Gasteiger partial charge is 0.305 e. The molecule has 196 valence electrons. The number of aryl methyl sites for hydroxylation is 4. The van der Waals surface area contributed by atoms with Gasteiger partial charge in [-0.2, -0.15) is 5.10 Å². The normalized spacial score (nSPS) is 15.0. The molecule has 0 unspecified atom stereocenters. The predicted octanol–water partition coefficient (Wildman–Crippen LogP) is 6.24. The maximum absolute atomic E-state index is 12.6. The summed E-state index contributed by atoms with van der Waals surface area (Å²) in [5.41, 5.74) is 6.04. The number of benzene rings is 1. The minimum atomic E-state index is -0.310. The van der Waals surface area contributed by atoms with E-state index in [0.29, 0.717) is 17.1 Å². The van der Waals surface area contributed by atoms with Crippen molar-refractivity contribution < 1.29 is 14.3 Å². The highest BCUT2D eigenvalue weighted by Gasteiger charge is 2.31. The molecule has 1 atom stereocenters. The lowest BCUT2D eigenvalue weighted by atomic mass is 9.93. The molecule has 7 nitrogen and oxygen atoms in total. The fraction of sp³-hybridized carbons (Fsp3) is 0.519. The highest BCUT2D eigenvalue weighted by molar-refractivity contribution is 7.78. The van der Waals surface area contributed by atoms with Crippen molar-refractivity contribution in [3.05, 3.63) is 39.8 Å².